The summed E-state index contributed by atoms with van der Waals surface area (Å²) >= 11 is 0. The average Bonchev–Trinajstić information content (AvgIpc) is 3.33. The molecule has 2 N–H and O–H groups in total. The summed E-state index contributed by atoms with van der Waals surface area (Å²) < 4.78 is 10.8. The molecule has 1 aliphatic heterocycles. The van der Waals surface area contributed by atoms with E-state index in [9.17, 15) is 24.6 Å². The van der Waals surface area contributed by atoms with Crippen LogP contribution >= 0.6 is 0 Å². The Bertz CT molecular complexity index is 913. The van der Waals surface area contributed by atoms with Gasteiger partial charge in [-0.3, -0.25) is 4.79 Å². The van der Waals surface area contributed by atoms with Crippen molar-refractivity contribution in [2.75, 3.05) is 6.61 Å². The van der Waals surface area contributed by atoms with Gasteiger partial charge >= 0.3 is 11.9 Å². The molecule has 0 aromatic carbocycles. The minimum Gasteiger partial charge on any atom is -0.462 e. The summed E-state index contributed by atoms with van der Waals surface area (Å²) in [6.45, 7) is 4.38. The first-order valence-corrected chi connectivity index (χ1v) is 13.1. The van der Waals surface area contributed by atoms with Crippen LogP contribution in [0.15, 0.2) is 11.6 Å². The highest BCUT2D eigenvalue weighted by atomic mass is 16.5. The summed E-state index contributed by atoms with van der Waals surface area (Å²) in [5.41, 5.74) is -2.50. The second-order valence-corrected chi connectivity index (χ2v) is 11.8. The van der Waals surface area contributed by atoms with Crippen LogP contribution in [0.1, 0.15) is 84.5 Å². The number of hydrogen-bond donors (Lipinski definition) is 2. The summed E-state index contributed by atoms with van der Waals surface area (Å²) in [5, 5.41) is 24.1. The van der Waals surface area contributed by atoms with E-state index in [1.54, 1.807) is 6.08 Å². The van der Waals surface area contributed by atoms with Gasteiger partial charge < -0.3 is 24.5 Å². The Labute approximate surface area is 201 Å². The van der Waals surface area contributed by atoms with Crippen LogP contribution in [0.2, 0.25) is 0 Å². The first-order chi connectivity index (χ1) is 16.1. The monoisotopic (exact) mass is 474 g/mol. The van der Waals surface area contributed by atoms with Crippen molar-refractivity contribution in [2.24, 2.45) is 28.6 Å². The molecule has 34 heavy (non-hydrogen) atoms. The summed E-state index contributed by atoms with van der Waals surface area (Å²) in [6.07, 6.45) is 8.57. The number of carbonyl (C=O) groups excluding carboxylic acids is 3. The molecule has 0 aromatic heterocycles. The van der Waals surface area contributed by atoms with E-state index in [1.807, 2.05) is 6.92 Å². The second kappa shape index (κ2) is 8.16. The fraction of sp³-hybridized carbons (Fsp3) is 0.815. The van der Waals surface area contributed by atoms with E-state index in [2.05, 4.69) is 6.92 Å². The van der Waals surface area contributed by atoms with E-state index in [0.29, 0.717) is 51.6 Å². The van der Waals surface area contributed by atoms with Crippen LogP contribution in [0, 0.1) is 28.6 Å². The molecule has 0 bridgehead atoms. The van der Waals surface area contributed by atoms with Crippen molar-refractivity contribution in [2.45, 2.75) is 102 Å². The van der Waals surface area contributed by atoms with Gasteiger partial charge in [-0.1, -0.05) is 13.8 Å². The van der Waals surface area contributed by atoms with E-state index >= 15 is 0 Å². The van der Waals surface area contributed by atoms with Crippen molar-refractivity contribution in [3.05, 3.63) is 11.6 Å². The first-order valence-electron chi connectivity index (χ1n) is 13.1. The van der Waals surface area contributed by atoms with Gasteiger partial charge in [-0.15, -0.1) is 0 Å². The van der Waals surface area contributed by atoms with Crippen molar-refractivity contribution in [3.8, 4) is 0 Å². The van der Waals surface area contributed by atoms with Crippen LogP contribution in [0.25, 0.3) is 0 Å². The molecule has 0 saturated heterocycles. The molecule has 2 unspecified atom stereocenters. The third-order valence-electron chi connectivity index (χ3n) is 10.6. The predicted octanol–water partition coefficient (Wildman–Crippen LogP) is 3.25. The van der Waals surface area contributed by atoms with Crippen LogP contribution in [-0.4, -0.2) is 52.4 Å². The lowest BCUT2D eigenvalue weighted by molar-refractivity contribution is -0.249. The van der Waals surface area contributed by atoms with Crippen molar-refractivity contribution >= 4 is 18.2 Å². The number of ether oxygens (including phenoxy) is 2. The van der Waals surface area contributed by atoms with E-state index < -0.39 is 16.6 Å². The molecule has 1 heterocycles. The largest absolute Gasteiger partial charge is 0.462 e. The van der Waals surface area contributed by atoms with Gasteiger partial charge in [0.1, 0.15) is 19.0 Å². The smallest absolute Gasteiger partial charge is 0.331 e. The average molecular weight is 475 g/mol. The Morgan fingerprint density at radius 3 is 2.59 bits per heavy atom. The normalized spacial score (nSPS) is 47.6. The Morgan fingerprint density at radius 1 is 1.15 bits per heavy atom. The van der Waals surface area contributed by atoms with Gasteiger partial charge in [0.25, 0.3) is 0 Å². The predicted molar refractivity (Wildman–Crippen MR) is 122 cm³/mol. The van der Waals surface area contributed by atoms with E-state index in [4.69, 9.17) is 9.47 Å². The fourth-order valence-electron chi connectivity index (χ4n) is 8.87. The van der Waals surface area contributed by atoms with Gasteiger partial charge in [0, 0.05) is 24.3 Å². The molecule has 7 heteroatoms. The van der Waals surface area contributed by atoms with Crippen LogP contribution in [0.4, 0.5) is 0 Å². The number of cyclic esters (lactones) is 1. The molecule has 5 aliphatic rings. The summed E-state index contributed by atoms with van der Waals surface area (Å²) in [7, 11) is 0. The minimum absolute atomic E-state index is 0.0838. The molecule has 0 amide bonds. The van der Waals surface area contributed by atoms with Crippen molar-refractivity contribution < 1.29 is 34.1 Å². The molecule has 0 radical (unpaired) electrons. The molecular weight excluding hydrogens is 436 g/mol. The highest BCUT2D eigenvalue weighted by Crippen LogP contribution is 2.70. The third kappa shape index (κ3) is 3.18. The number of carbonyl (C=O) groups is 3. The Kier molecular flexibility index (Phi) is 5.75. The quantitative estimate of drug-likeness (QED) is 0.465. The maximum atomic E-state index is 12.8. The van der Waals surface area contributed by atoms with Gasteiger partial charge in [-0.2, -0.15) is 0 Å². The SMILES string of the molecule is CCCC(=O)O[C@H]1CC[C@]2(C=O)C3CC[C@]4(C)[C@@H](C5=CC(=O)OC5)CC[C@]4(O)C3CC[C@]2(O)C1. The van der Waals surface area contributed by atoms with Crippen molar-refractivity contribution in [1.82, 2.24) is 0 Å². The third-order valence-corrected chi connectivity index (χ3v) is 10.6. The molecule has 4 aliphatic carbocycles. The number of hydrogen-bond acceptors (Lipinski definition) is 7. The molecule has 188 valence electrons. The Balaban J connectivity index is 1.41. The topological polar surface area (TPSA) is 110 Å². The summed E-state index contributed by atoms with van der Waals surface area (Å²) in [5.74, 6) is -0.650. The van der Waals surface area contributed by atoms with Gasteiger partial charge in [-0.05, 0) is 81.1 Å². The summed E-state index contributed by atoms with van der Waals surface area (Å²) in [4.78, 5) is 36.6. The molecule has 8 atom stereocenters. The lowest BCUT2D eigenvalue weighted by atomic mass is 9.41. The zero-order chi connectivity index (χ0) is 24.4. The molecule has 4 saturated carbocycles. The van der Waals surface area contributed by atoms with Gasteiger partial charge in [0.05, 0.1) is 16.6 Å². The van der Waals surface area contributed by atoms with Crippen molar-refractivity contribution in [3.63, 3.8) is 0 Å². The Hall–Kier alpha value is -1.73. The van der Waals surface area contributed by atoms with Crippen molar-refractivity contribution in [1.29, 1.82) is 0 Å². The molecule has 0 spiro atoms. The maximum Gasteiger partial charge on any atom is 0.331 e. The summed E-state index contributed by atoms with van der Waals surface area (Å²) in [6, 6.07) is 0. The fourth-order valence-corrected chi connectivity index (χ4v) is 8.87. The van der Waals surface area contributed by atoms with E-state index in [0.717, 1.165) is 31.1 Å². The van der Waals surface area contributed by atoms with E-state index in [1.165, 1.54) is 0 Å². The molecule has 7 nitrogen and oxygen atoms in total. The molecule has 0 aromatic rings. The van der Waals surface area contributed by atoms with Crippen LogP contribution < -0.4 is 0 Å². The number of esters is 2. The highest BCUT2D eigenvalue weighted by molar-refractivity contribution is 5.85. The van der Waals surface area contributed by atoms with Gasteiger partial charge in [-0.25, -0.2) is 4.79 Å². The Morgan fingerprint density at radius 2 is 1.91 bits per heavy atom. The zero-order valence-corrected chi connectivity index (χ0v) is 20.4. The standard InChI is InChI=1S/C27H38O7/c1-3-4-22(29)34-18-5-10-25(16-28)20-6-9-24(2)19(17-13-23(30)33-15-17)8-12-27(24,32)21(20)7-11-26(25,31)14-18/h13,16,18-21,31-32H,3-12,14-15H2,1-2H3/t18-,19+,20?,21?,24+,25-,26-,27-/m0/s1. The first kappa shape index (κ1) is 24.0. The van der Waals surface area contributed by atoms with Gasteiger partial charge in [0.15, 0.2) is 0 Å². The second-order valence-electron chi connectivity index (χ2n) is 11.8. The zero-order valence-electron chi connectivity index (χ0n) is 20.4. The van der Waals surface area contributed by atoms with Crippen LogP contribution in [-0.2, 0) is 23.9 Å². The minimum atomic E-state index is -1.22. The van der Waals surface area contributed by atoms with E-state index in [-0.39, 0.29) is 47.6 Å². The van der Waals surface area contributed by atoms with Crippen LogP contribution in [0.5, 0.6) is 0 Å². The molecular formula is C27H38O7. The highest BCUT2D eigenvalue weighted by Gasteiger charge is 2.71. The van der Waals surface area contributed by atoms with Crippen LogP contribution in [0.3, 0.4) is 0 Å². The van der Waals surface area contributed by atoms with Gasteiger partial charge in [0.2, 0.25) is 0 Å². The lowest BCUT2D eigenvalue weighted by Gasteiger charge is -2.65. The maximum absolute atomic E-state index is 12.8. The molecule has 4 fully saturated rings. The number of fused-ring (bicyclic) bond motifs is 5. The lowest BCUT2D eigenvalue weighted by Crippen LogP contribution is -2.69. The number of aliphatic hydroxyl groups is 2. The number of rotatable bonds is 5. The number of aldehydes is 1. The molecule has 5 rings (SSSR count).